The van der Waals surface area contributed by atoms with E-state index in [1.165, 1.54) is 96.3 Å². The Bertz CT molecular complexity index is 592. The van der Waals surface area contributed by atoms with Gasteiger partial charge in [-0.1, -0.05) is 115 Å². The van der Waals surface area contributed by atoms with Crippen LogP contribution < -0.4 is 10.7 Å². The minimum Gasteiger partial charge on any atom is -0.507 e. The standard InChI is InChI=1S/C26H45N3OS/c1-2-3-4-5-6-7-8-9-10-11-12-13-14-15-16-19-22-27-26(31)29-28-23-24-20-17-18-21-25(24)30/h17-18,20-21,23,30H,2-16,19,22H2,1H3,(H2,27,29,31)/b28-23+. The van der Waals surface area contributed by atoms with Crippen molar-refractivity contribution in [1.29, 1.82) is 0 Å². The molecule has 0 heterocycles. The number of unbranched alkanes of at least 4 members (excludes halogenated alkanes) is 15. The first-order valence-corrected chi connectivity index (χ1v) is 13.0. The Labute approximate surface area is 196 Å². The summed E-state index contributed by atoms with van der Waals surface area (Å²) in [7, 11) is 0. The van der Waals surface area contributed by atoms with E-state index in [0.29, 0.717) is 10.7 Å². The van der Waals surface area contributed by atoms with Crippen molar-refractivity contribution in [2.75, 3.05) is 6.54 Å². The molecule has 0 saturated carbocycles. The van der Waals surface area contributed by atoms with Crippen LogP contribution in [-0.4, -0.2) is 23.0 Å². The molecule has 0 amide bonds. The molecule has 0 atom stereocenters. The molecule has 0 aliphatic heterocycles. The Kier molecular flexibility index (Phi) is 17.9. The fourth-order valence-electron chi connectivity index (χ4n) is 3.67. The lowest BCUT2D eigenvalue weighted by molar-refractivity contribution is 0.474. The number of hydrogen-bond acceptors (Lipinski definition) is 3. The Balaban J connectivity index is 1.81. The molecule has 0 aliphatic rings. The number of thiocarbonyl (C=S) groups is 1. The highest BCUT2D eigenvalue weighted by atomic mass is 32.1. The molecule has 0 unspecified atom stereocenters. The second-order valence-corrected chi connectivity index (χ2v) is 8.90. The maximum Gasteiger partial charge on any atom is 0.186 e. The van der Waals surface area contributed by atoms with Gasteiger partial charge in [0.25, 0.3) is 0 Å². The van der Waals surface area contributed by atoms with Gasteiger partial charge in [0.15, 0.2) is 5.11 Å². The van der Waals surface area contributed by atoms with Gasteiger partial charge < -0.3 is 10.4 Å². The van der Waals surface area contributed by atoms with Crippen LogP contribution in [0.1, 0.15) is 115 Å². The first-order chi connectivity index (χ1) is 15.2. The highest BCUT2D eigenvalue weighted by Gasteiger charge is 1.97. The molecule has 0 aromatic heterocycles. The molecule has 1 aromatic carbocycles. The summed E-state index contributed by atoms with van der Waals surface area (Å²) in [6, 6.07) is 7.07. The second kappa shape index (κ2) is 20.3. The van der Waals surface area contributed by atoms with Gasteiger partial charge in [0.05, 0.1) is 6.21 Å². The van der Waals surface area contributed by atoms with Gasteiger partial charge in [0.2, 0.25) is 0 Å². The summed E-state index contributed by atoms with van der Waals surface area (Å²) >= 11 is 5.21. The van der Waals surface area contributed by atoms with E-state index in [1.807, 2.05) is 6.07 Å². The molecule has 0 aliphatic carbocycles. The predicted octanol–water partition coefficient (Wildman–Crippen LogP) is 7.45. The van der Waals surface area contributed by atoms with E-state index < -0.39 is 0 Å². The van der Waals surface area contributed by atoms with Gasteiger partial charge in [-0.05, 0) is 30.8 Å². The lowest BCUT2D eigenvalue weighted by atomic mass is 10.0. The number of phenols is 1. The van der Waals surface area contributed by atoms with Gasteiger partial charge >= 0.3 is 0 Å². The van der Waals surface area contributed by atoms with E-state index in [2.05, 4.69) is 22.8 Å². The molecule has 0 fully saturated rings. The highest BCUT2D eigenvalue weighted by molar-refractivity contribution is 7.80. The zero-order chi connectivity index (χ0) is 22.4. The van der Waals surface area contributed by atoms with Crippen LogP contribution in [0.3, 0.4) is 0 Å². The lowest BCUT2D eigenvalue weighted by Gasteiger charge is -2.07. The zero-order valence-corrected chi connectivity index (χ0v) is 20.5. The number of para-hydroxylation sites is 1. The molecule has 1 aromatic rings. The molecule has 0 radical (unpaired) electrons. The summed E-state index contributed by atoms with van der Waals surface area (Å²) in [6.45, 7) is 3.15. The number of nitrogens with one attached hydrogen (secondary N) is 2. The number of aromatic hydroxyl groups is 1. The van der Waals surface area contributed by atoms with Gasteiger partial charge in [-0.3, -0.25) is 5.43 Å². The summed E-state index contributed by atoms with van der Waals surface area (Å²) in [5, 5.41) is 17.4. The van der Waals surface area contributed by atoms with Crippen molar-refractivity contribution < 1.29 is 5.11 Å². The van der Waals surface area contributed by atoms with E-state index in [-0.39, 0.29) is 5.75 Å². The third kappa shape index (κ3) is 16.7. The molecule has 0 bridgehead atoms. The molecule has 31 heavy (non-hydrogen) atoms. The first-order valence-electron chi connectivity index (χ1n) is 12.6. The Morgan fingerprint density at radius 1 is 0.806 bits per heavy atom. The minimum atomic E-state index is 0.208. The van der Waals surface area contributed by atoms with E-state index in [4.69, 9.17) is 12.2 Å². The van der Waals surface area contributed by atoms with E-state index in [9.17, 15) is 5.11 Å². The smallest absolute Gasteiger partial charge is 0.186 e. The van der Waals surface area contributed by atoms with Crippen molar-refractivity contribution in [1.82, 2.24) is 10.7 Å². The minimum absolute atomic E-state index is 0.208. The van der Waals surface area contributed by atoms with Gasteiger partial charge in [-0.15, -0.1) is 0 Å². The largest absolute Gasteiger partial charge is 0.507 e. The zero-order valence-electron chi connectivity index (χ0n) is 19.7. The molecule has 3 N–H and O–H groups in total. The SMILES string of the molecule is CCCCCCCCCCCCCCCCCCNC(=S)N/N=C/c1ccccc1O. The summed E-state index contributed by atoms with van der Waals surface area (Å²) in [5.74, 6) is 0.208. The van der Waals surface area contributed by atoms with Crippen molar-refractivity contribution in [2.45, 2.75) is 110 Å². The fourth-order valence-corrected chi connectivity index (χ4v) is 3.83. The van der Waals surface area contributed by atoms with Crippen LogP contribution >= 0.6 is 12.2 Å². The van der Waals surface area contributed by atoms with Crippen LogP contribution in [0.25, 0.3) is 0 Å². The van der Waals surface area contributed by atoms with Crippen molar-refractivity contribution in [2.24, 2.45) is 5.10 Å². The maximum atomic E-state index is 9.67. The number of rotatable bonds is 19. The van der Waals surface area contributed by atoms with E-state index in [1.54, 1.807) is 24.4 Å². The number of benzene rings is 1. The van der Waals surface area contributed by atoms with Gasteiger partial charge in [-0.25, -0.2) is 0 Å². The molecule has 0 spiro atoms. The third-order valence-corrected chi connectivity index (χ3v) is 5.86. The predicted molar refractivity (Wildman–Crippen MR) is 139 cm³/mol. The summed E-state index contributed by atoms with van der Waals surface area (Å²) in [6.07, 6.45) is 23.6. The van der Waals surface area contributed by atoms with Crippen molar-refractivity contribution in [3.63, 3.8) is 0 Å². The molecule has 176 valence electrons. The fraction of sp³-hybridized carbons (Fsp3) is 0.692. The van der Waals surface area contributed by atoms with Crippen LogP contribution in [-0.2, 0) is 0 Å². The van der Waals surface area contributed by atoms with Crippen LogP contribution in [0, 0.1) is 0 Å². The molecular formula is C26H45N3OS. The summed E-state index contributed by atoms with van der Waals surface area (Å²) in [4.78, 5) is 0. The van der Waals surface area contributed by atoms with Crippen LogP contribution in [0.2, 0.25) is 0 Å². The van der Waals surface area contributed by atoms with Crippen LogP contribution in [0.15, 0.2) is 29.4 Å². The van der Waals surface area contributed by atoms with Crippen LogP contribution in [0.4, 0.5) is 0 Å². The number of nitrogens with zero attached hydrogens (tertiary/aromatic N) is 1. The highest BCUT2D eigenvalue weighted by Crippen LogP contribution is 2.14. The van der Waals surface area contributed by atoms with Gasteiger partial charge in [0.1, 0.15) is 5.75 Å². The number of hydrogen-bond donors (Lipinski definition) is 3. The van der Waals surface area contributed by atoms with E-state index >= 15 is 0 Å². The van der Waals surface area contributed by atoms with Gasteiger partial charge in [0, 0.05) is 12.1 Å². The first kappa shape index (κ1) is 27.4. The average Bonchev–Trinajstić information content (AvgIpc) is 2.77. The second-order valence-electron chi connectivity index (χ2n) is 8.49. The monoisotopic (exact) mass is 447 g/mol. The average molecular weight is 448 g/mol. The van der Waals surface area contributed by atoms with E-state index in [0.717, 1.165) is 13.0 Å². The number of phenolic OH excluding ortho intramolecular Hbond substituents is 1. The summed E-state index contributed by atoms with van der Waals surface area (Å²) < 4.78 is 0. The van der Waals surface area contributed by atoms with Crippen LogP contribution in [0.5, 0.6) is 5.75 Å². The molecular weight excluding hydrogens is 402 g/mol. The Morgan fingerprint density at radius 2 is 1.29 bits per heavy atom. The normalized spacial score (nSPS) is 11.1. The van der Waals surface area contributed by atoms with Crippen molar-refractivity contribution in [3.05, 3.63) is 29.8 Å². The van der Waals surface area contributed by atoms with Gasteiger partial charge in [-0.2, -0.15) is 5.10 Å². The summed E-state index contributed by atoms with van der Waals surface area (Å²) in [5.41, 5.74) is 3.45. The molecule has 4 nitrogen and oxygen atoms in total. The number of hydrazone groups is 1. The topological polar surface area (TPSA) is 56.7 Å². The molecule has 0 saturated heterocycles. The Morgan fingerprint density at radius 3 is 1.81 bits per heavy atom. The van der Waals surface area contributed by atoms with Crippen molar-refractivity contribution >= 4 is 23.5 Å². The quantitative estimate of drug-likeness (QED) is 0.0892. The molecule has 5 heteroatoms. The third-order valence-electron chi connectivity index (χ3n) is 5.62. The van der Waals surface area contributed by atoms with Crippen molar-refractivity contribution in [3.8, 4) is 5.75 Å². The Hall–Kier alpha value is -1.62. The maximum absolute atomic E-state index is 9.67. The molecule has 1 rings (SSSR count). The lowest BCUT2D eigenvalue weighted by Crippen LogP contribution is -2.32.